The first-order valence-corrected chi connectivity index (χ1v) is 8.22. The fourth-order valence-corrected chi connectivity index (χ4v) is 2.67. The number of halogens is 1. The SMILES string of the molecule is CC(C)CCCC(C)NC(N)=NCC1CCN(C)CC1.I. The van der Waals surface area contributed by atoms with Crippen LogP contribution in [0.2, 0.25) is 0 Å². The Balaban J connectivity index is 0.00000400. The Morgan fingerprint density at radius 2 is 1.86 bits per heavy atom. The first kappa shape index (κ1) is 21.0. The van der Waals surface area contributed by atoms with Crippen LogP contribution in [0.4, 0.5) is 0 Å². The van der Waals surface area contributed by atoms with Gasteiger partial charge in [-0.15, -0.1) is 24.0 Å². The number of nitrogens with one attached hydrogen (secondary N) is 1. The molecule has 0 saturated carbocycles. The van der Waals surface area contributed by atoms with Gasteiger partial charge in [0, 0.05) is 12.6 Å². The van der Waals surface area contributed by atoms with Gasteiger partial charge in [0.2, 0.25) is 0 Å². The zero-order valence-electron chi connectivity index (χ0n) is 14.3. The van der Waals surface area contributed by atoms with Gasteiger partial charge in [-0.1, -0.05) is 26.7 Å². The van der Waals surface area contributed by atoms with Gasteiger partial charge < -0.3 is 16.0 Å². The van der Waals surface area contributed by atoms with Crippen molar-refractivity contribution in [2.24, 2.45) is 22.6 Å². The van der Waals surface area contributed by atoms with Crippen molar-refractivity contribution in [2.75, 3.05) is 26.7 Å². The maximum Gasteiger partial charge on any atom is 0.188 e. The smallest absolute Gasteiger partial charge is 0.188 e. The summed E-state index contributed by atoms with van der Waals surface area (Å²) in [6.07, 6.45) is 6.21. The van der Waals surface area contributed by atoms with Crippen LogP contribution >= 0.6 is 24.0 Å². The van der Waals surface area contributed by atoms with E-state index < -0.39 is 0 Å². The highest BCUT2D eigenvalue weighted by molar-refractivity contribution is 14.0. The summed E-state index contributed by atoms with van der Waals surface area (Å²) in [6, 6.07) is 0.426. The van der Waals surface area contributed by atoms with Crippen LogP contribution in [-0.2, 0) is 0 Å². The normalized spacial score (nSPS) is 19.4. The minimum atomic E-state index is 0. The number of guanidine groups is 1. The highest BCUT2D eigenvalue weighted by atomic mass is 127. The molecule has 1 rings (SSSR count). The van der Waals surface area contributed by atoms with E-state index in [0.29, 0.717) is 17.9 Å². The summed E-state index contributed by atoms with van der Waals surface area (Å²) >= 11 is 0. The van der Waals surface area contributed by atoms with Gasteiger partial charge in [0.1, 0.15) is 0 Å². The highest BCUT2D eigenvalue weighted by Gasteiger charge is 2.16. The molecule has 4 nitrogen and oxygen atoms in total. The third-order valence-electron chi connectivity index (χ3n) is 4.17. The molecule has 126 valence electrons. The predicted molar refractivity (Wildman–Crippen MR) is 103 cm³/mol. The molecule has 0 spiro atoms. The van der Waals surface area contributed by atoms with E-state index in [4.69, 9.17) is 5.73 Å². The molecule has 21 heavy (non-hydrogen) atoms. The van der Waals surface area contributed by atoms with E-state index in [1.807, 2.05) is 0 Å². The molecule has 0 bridgehead atoms. The Hall–Kier alpha value is -0.0400. The zero-order chi connectivity index (χ0) is 15.0. The number of nitrogens with zero attached hydrogens (tertiary/aromatic N) is 2. The van der Waals surface area contributed by atoms with Crippen molar-refractivity contribution in [3.63, 3.8) is 0 Å². The molecule has 1 atom stereocenters. The second-order valence-electron chi connectivity index (χ2n) is 6.84. The Bertz CT molecular complexity index is 286. The first-order chi connectivity index (χ1) is 9.47. The van der Waals surface area contributed by atoms with Gasteiger partial charge in [0.25, 0.3) is 0 Å². The first-order valence-electron chi connectivity index (χ1n) is 8.22. The van der Waals surface area contributed by atoms with Crippen LogP contribution < -0.4 is 11.1 Å². The summed E-state index contributed by atoms with van der Waals surface area (Å²) in [5.41, 5.74) is 5.98. The molecule has 5 heteroatoms. The molecule has 0 aliphatic carbocycles. The lowest BCUT2D eigenvalue weighted by molar-refractivity contribution is 0.223. The lowest BCUT2D eigenvalue weighted by atomic mass is 9.97. The van der Waals surface area contributed by atoms with Gasteiger partial charge in [-0.05, 0) is 58.2 Å². The van der Waals surface area contributed by atoms with Crippen molar-refractivity contribution >= 4 is 29.9 Å². The maximum absolute atomic E-state index is 5.98. The van der Waals surface area contributed by atoms with Gasteiger partial charge in [-0.2, -0.15) is 0 Å². The van der Waals surface area contributed by atoms with Crippen LogP contribution in [0.25, 0.3) is 0 Å². The van der Waals surface area contributed by atoms with Crippen LogP contribution in [0.5, 0.6) is 0 Å². The van der Waals surface area contributed by atoms with Gasteiger partial charge in [0.05, 0.1) is 0 Å². The van der Waals surface area contributed by atoms with Crippen molar-refractivity contribution in [2.45, 2.75) is 58.9 Å². The molecule has 1 heterocycles. The van der Waals surface area contributed by atoms with E-state index >= 15 is 0 Å². The molecule has 1 aliphatic heterocycles. The van der Waals surface area contributed by atoms with E-state index in [2.05, 4.69) is 43.0 Å². The Kier molecular flexibility index (Phi) is 11.5. The molecular weight excluding hydrogens is 375 g/mol. The minimum Gasteiger partial charge on any atom is -0.370 e. The van der Waals surface area contributed by atoms with Crippen LogP contribution in [0.3, 0.4) is 0 Å². The summed E-state index contributed by atoms with van der Waals surface area (Å²) in [6.45, 7) is 10.0. The van der Waals surface area contributed by atoms with E-state index in [1.54, 1.807) is 0 Å². The second kappa shape index (κ2) is 11.5. The number of likely N-dealkylation sites (tertiary alicyclic amines) is 1. The molecule has 0 aromatic heterocycles. The fraction of sp³-hybridized carbons (Fsp3) is 0.938. The number of aliphatic imine (C=N–C) groups is 1. The summed E-state index contributed by atoms with van der Waals surface area (Å²) in [7, 11) is 2.19. The average molecular weight is 410 g/mol. The molecule has 1 fully saturated rings. The lowest BCUT2D eigenvalue weighted by Gasteiger charge is -2.28. The van der Waals surface area contributed by atoms with E-state index in [-0.39, 0.29) is 24.0 Å². The molecule has 0 radical (unpaired) electrons. The standard InChI is InChI=1S/C16H34N4.HI/c1-13(2)6-5-7-14(3)19-16(17)18-12-15-8-10-20(4)11-9-15;/h13-15H,5-12H2,1-4H3,(H3,17,18,19);1H. The molecule has 0 amide bonds. The van der Waals surface area contributed by atoms with Crippen LogP contribution in [0.15, 0.2) is 4.99 Å². The van der Waals surface area contributed by atoms with Gasteiger partial charge in [-0.3, -0.25) is 4.99 Å². The third kappa shape index (κ3) is 10.3. The van der Waals surface area contributed by atoms with E-state index in [9.17, 15) is 0 Å². The van der Waals surface area contributed by atoms with Crippen LogP contribution in [-0.4, -0.2) is 43.6 Å². The Morgan fingerprint density at radius 3 is 2.43 bits per heavy atom. The Labute approximate surface area is 148 Å². The number of hydrogen-bond donors (Lipinski definition) is 2. The topological polar surface area (TPSA) is 53.6 Å². The van der Waals surface area contributed by atoms with E-state index in [0.717, 1.165) is 12.5 Å². The predicted octanol–water partition coefficient (Wildman–Crippen LogP) is 3.07. The fourth-order valence-electron chi connectivity index (χ4n) is 2.67. The monoisotopic (exact) mass is 410 g/mol. The van der Waals surface area contributed by atoms with Crippen molar-refractivity contribution < 1.29 is 0 Å². The largest absolute Gasteiger partial charge is 0.370 e. The van der Waals surface area contributed by atoms with Gasteiger partial charge >= 0.3 is 0 Å². The summed E-state index contributed by atoms with van der Waals surface area (Å²) in [5, 5.41) is 3.32. The minimum absolute atomic E-state index is 0. The second-order valence-corrected chi connectivity index (χ2v) is 6.84. The number of hydrogen-bond acceptors (Lipinski definition) is 2. The van der Waals surface area contributed by atoms with Crippen LogP contribution in [0, 0.1) is 11.8 Å². The molecule has 1 saturated heterocycles. The van der Waals surface area contributed by atoms with Crippen molar-refractivity contribution in [1.29, 1.82) is 0 Å². The molecule has 0 aromatic carbocycles. The number of piperidine rings is 1. The number of rotatable bonds is 7. The quantitative estimate of drug-likeness (QED) is 0.385. The molecule has 1 aliphatic rings. The summed E-state index contributed by atoms with van der Waals surface area (Å²) in [4.78, 5) is 6.91. The third-order valence-corrected chi connectivity index (χ3v) is 4.17. The van der Waals surface area contributed by atoms with Gasteiger partial charge in [0.15, 0.2) is 5.96 Å². The molecule has 3 N–H and O–H groups in total. The lowest BCUT2D eigenvalue weighted by Crippen LogP contribution is -2.39. The molecule has 1 unspecified atom stereocenters. The average Bonchev–Trinajstić information content (AvgIpc) is 2.37. The maximum atomic E-state index is 5.98. The molecule has 0 aromatic rings. The van der Waals surface area contributed by atoms with Crippen molar-refractivity contribution in [3.8, 4) is 0 Å². The van der Waals surface area contributed by atoms with E-state index in [1.165, 1.54) is 45.2 Å². The summed E-state index contributed by atoms with van der Waals surface area (Å²) < 4.78 is 0. The van der Waals surface area contributed by atoms with Gasteiger partial charge in [-0.25, -0.2) is 0 Å². The highest BCUT2D eigenvalue weighted by Crippen LogP contribution is 2.15. The molecular formula is C16H35IN4. The Morgan fingerprint density at radius 1 is 1.24 bits per heavy atom. The zero-order valence-corrected chi connectivity index (χ0v) is 16.6. The van der Waals surface area contributed by atoms with Crippen molar-refractivity contribution in [1.82, 2.24) is 10.2 Å². The van der Waals surface area contributed by atoms with Crippen LogP contribution in [0.1, 0.15) is 52.9 Å². The van der Waals surface area contributed by atoms with Crippen molar-refractivity contribution in [3.05, 3.63) is 0 Å². The number of nitrogens with two attached hydrogens (primary N) is 1. The summed E-state index contributed by atoms with van der Waals surface area (Å²) in [5.74, 6) is 2.13.